The second-order valence-corrected chi connectivity index (χ2v) is 36.7. The van der Waals surface area contributed by atoms with Crippen molar-refractivity contribution in [2.75, 3.05) is 32.8 Å². The van der Waals surface area contributed by atoms with Crippen molar-refractivity contribution in [3.63, 3.8) is 0 Å². The number of H-pyrrole nitrogens is 1. The number of hydrogen-bond acceptors (Lipinski definition) is 23. The Bertz CT molecular complexity index is 4800. The van der Waals surface area contributed by atoms with Crippen LogP contribution in [0.3, 0.4) is 0 Å². The Morgan fingerprint density at radius 2 is 1.17 bits per heavy atom. The first-order valence-electron chi connectivity index (χ1n) is 41.7. The van der Waals surface area contributed by atoms with Crippen molar-refractivity contribution in [1.29, 1.82) is 0 Å². The van der Waals surface area contributed by atoms with E-state index in [9.17, 15) is 57.8 Å². The lowest BCUT2D eigenvalue weighted by atomic mass is 9.91. The molecular weight excluding hydrogens is 1680 g/mol. The van der Waals surface area contributed by atoms with Crippen molar-refractivity contribution >= 4 is 144 Å². The van der Waals surface area contributed by atoms with Crippen LogP contribution in [0.1, 0.15) is 156 Å². The highest BCUT2D eigenvalue weighted by molar-refractivity contribution is 8.77. The molecule has 1 fully saturated rings. The Labute approximate surface area is 743 Å². The molecule has 0 radical (unpaired) electrons. The third kappa shape index (κ3) is 32.0. The number of unbranched alkanes of at least 4 members (excludes halogenated alkanes) is 2. The Hall–Kier alpha value is -12.1. The molecule has 1 aliphatic heterocycles. The number of nitrogens with two attached hydrogens (primary N) is 6. The van der Waals surface area contributed by atoms with Gasteiger partial charge in [0.25, 0.3) is 0 Å². The van der Waals surface area contributed by atoms with Gasteiger partial charge in [0, 0.05) is 79.3 Å². The molecule has 1 saturated heterocycles. The van der Waals surface area contributed by atoms with Crippen LogP contribution in [0.5, 0.6) is 5.75 Å². The Morgan fingerprint density at radius 1 is 0.575 bits per heavy atom. The summed E-state index contributed by atoms with van der Waals surface area (Å²) in [5.41, 5.74) is 33.0. The van der Waals surface area contributed by atoms with Gasteiger partial charge < -0.3 is 124 Å². The second-order valence-electron chi connectivity index (χ2n) is 33.3. The van der Waals surface area contributed by atoms with E-state index in [1.807, 2.05) is 31.2 Å². The molecule has 127 heavy (non-hydrogen) atoms. The van der Waals surface area contributed by atoms with Crippen molar-refractivity contribution in [1.82, 2.24) is 79.4 Å². The van der Waals surface area contributed by atoms with E-state index in [0.29, 0.717) is 45.1 Å². The Balaban J connectivity index is 1.54. The highest BCUT2D eigenvalue weighted by atomic mass is 33.1. The maximum atomic E-state index is 16.3. The van der Waals surface area contributed by atoms with E-state index < -0.39 is 201 Å². The van der Waals surface area contributed by atoms with Crippen LogP contribution in [0.2, 0.25) is 0 Å². The molecule has 18 amide bonds. The number of aromatic amines is 1. The fourth-order valence-electron chi connectivity index (χ4n) is 13.8. The molecule has 28 N–H and O–H groups in total. The van der Waals surface area contributed by atoms with Gasteiger partial charge in [-0.1, -0.05) is 94.4 Å². The summed E-state index contributed by atoms with van der Waals surface area (Å²) in [6, 6.07) is 5.66. The van der Waals surface area contributed by atoms with E-state index in [2.05, 4.69) is 79.4 Å². The van der Waals surface area contributed by atoms with Crippen molar-refractivity contribution in [2.24, 2.45) is 34.4 Å². The number of amides is 18. The van der Waals surface area contributed by atoms with Crippen LogP contribution in [0.15, 0.2) is 91.1 Å². The van der Waals surface area contributed by atoms with Crippen LogP contribution in [-0.2, 0) is 96.0 Å². The maximum Gasteiger partial charge on any atom is 0.312 e. The first-order valence-corrected chi connectivity index (χ1v) is 43.8. The lowest BCUT2D eigenvalue weighted by molar-refractivity contribution is -0.138. The number of aliphatic hydroxyl groups is 1. The van der Waals surface area contributed by atoms with E-state index in [1.54, 1.807) is 66.9 Å². The zero-order valence-corrected chi connectivity index (χ0v) is 74.9. The molecule has 6 rings (SSSR count). The predicted molar refractivity (Wildman–Crippen MR) is 477 cm³/mol. The van der Waals surface area contributed by atoms with Gasteiger partial charge in [-0.15, -0.1) is 0 Å². The van der Waals surface area contributed by atoms with Gasteiger partial charge in [-0.2, -0.15) is 0 Å². The SMILES string of the molecule is CC(=O)NCCCC[C@H](NC(=O)[C@](C)(CCCCN)NC(=O)[C@H](Cc1ccc2ccccc2c1)NC(=O)[C@H](Cc1ccc(OCCN)cc1)NC(=O)[C@H]1NC(=O)[C@H](CCCNC(N)=O)NC(=O)[C@H](Cc2c[nH]c3c(C)cccc23)NC(=O)[C@H]([C@@H](C)O)NC(=O)[C@H](CC(N)=O)NC(=O)[C@@H](NC(C)=O)C(C)(C)SSC1(C)C)C(=O)N[C@@H](CC(N)=O)C(=O)NC(C)(C)C(N)=O. The van der Waals surface area contributed by atoms with Crippen LogP contribution < -0.4 is 114 Å². The summed E-state index contributed by atoms with van der Waals surface area (Å²) in [6.07, 6.45) is -2.85. The van der Waals surface area contributed by atoms with Gasteiger partial charge in [-0.3, -0.25) is 76.7 Å². The molecule has 0 aliphatic carbocycles. The molecule has 5 aromatic rings. The lowest BCUT2D eigenvalue weighted by Gasteiger charge is -2.39. The van der Waals surface area contributed by atoms with Gasteiger partial charge in [-0.05, 0) is 165 Å². The van der Waals surface area contributed by atoms with Gasteiger partial charge in [0.15, 0.2) is 0 Å². The summed E-state index contributed by atoms with van der Waals surface area (Å²) in [5, 5.41) is 50.1. The number of aryl methyl sites for hydroxylation is 1. The number of urea groups is 1. The van der Waals surface area contributed by atoms with Gasteiger partial charge in [0.1, 0.15) is 83.9 Å². The molecule has 1 aliphatic rings. The van der Waals surface area contributed by atoms with Crippen LogP contribution in [0, 0.1) is 6.92 Å². The first kappa shape index (κ1) is 104. The number of carbonyl (C=O) groups excluding carboxylic acids is 17. The van der Waals surface area contributed by atoms with Crippen molar-refractivity contribution in [2.45, 2.75) is 247 Å². The number of primary amides is 4. The molecule has 42 heteroatoms. The fraction of sp³-hybridized carbons (Fsp3) is 0.518. The number of carbonyl (C=O) groups is 17. The lowest BCUT2D eigenvalue weighted by Crippen LogP contribution is -2.65. The van der Waals surface area contributed by atoms with E-state index in [1.165, 1.54) is 55.4 Å². The number of rotatable bonds is 41. The zero-order valence-electron chi connectivity index (χ0n) is 73.3. The van der Waals surface area contributed by atoms with Crippen molar-refractivity contribution < 1.29 is 91.4 Å². The van der Waals surface area contributed by atoms with Gasteiger partial charge in [0.05, 0.1) is 18.9 Å². The van der Waals surface area contributed by atoms with Gasteiger partial charge >= 0.3 is 6.03 Å². The number of para-hydroxylation sites is 1. The highest BCUT2D eigenvalue weighted by Crippen LogP contribution is 2.47. The number of ether oxygens (including phenoxy) is 1. The molecule has 694 valence electrons. The molecular formula is C85H123N21O19S2. The minimum absolute atomic E-state index is 0.0974. The number of nitrogens with one attached hydrogen (secondary N) is 15. The molecule has 12 atom stereocenters. The Kier molecular flexibility index (Phi) is 39.1. The monoisotopic (exact) mass is 1810 g/mol. The molecule has 0 saturated carbocycles. The Morgan fingerprint density at radius 3 is 1.80 bits per heavy atom. The average Bonchev–Trinajstić information content (AvgIpc) is 1.79. The quantitative estimate of drug-likeness (QED) is 0.0150. The molecule has 0 unspecified atom stereocenters. The third-order valence-corrected chi connectivity index (χ3v) is 25.3. The van der Waals surface area contributed by atoms with Gasteiger partial charge in [0.2, 0.25) is 94.5 Å². The molecule has 1 aromatic heterocycles. The zero-order chi connectivity index (χ0) is 94.4. The summed E-state index contributed by atoms with van der Waals surface area (Å²) in [5.74, 6) is -15.7. The third-order valence-electron chi connectivity index (χ3n) is 21.1. The number of aliphatic hydroxyl groups excluding tert-OH is 1. The minimum atomic E-state index is -2.03. The molecule has 0 bridgehead atoms. The van der Waals surface area contributed by atoms with Crippen molar-refractivity contribution in [3.05, 3.63) is 113 Å². The van der Waals surface area contributed by atoms with Crippen LogP contribution in [0.25, 0.3) is 21.7 Å². The predicted octanol–water partition coefficient (Wildman–Crippen LogP) is -1.91. The molecule has 0 spiro atoms. The number of hydrogen-bond donors (Lipinski definition) is 22. The number of aromatic nitrogens is 1. The largest absolute Gasteiger partial charge is 0.492 e. The highest BCUT2D eigenvalue weighted by Gasteiger charge is 2.47. The average molecular weight is 1810 g/mol. The smallest absolute Gasteiger partial charge is 0.312 e. The summed E-state index contributed by atoms with van der Waals surface area (Å²) in [4.78, 5) is 245. The normalized spacial score (nSPS) is 19.3. The number of fused-ring (bicyclic) bond motifs is 2. The maximum absolute atomic E-state index is 16.3. The van der Waals surface area contributed by atoms with E-state index in [-0.39, 0.29) is 96.5 Å². The van der Waals surface area contributed by atoms with Gasteiger partial charge in [-0.25, -0.2) is 4.79 Å². The molecule has 2 heterocycles. The topological polar surface area (TPSA) is 660 Å². The van der Waals surface area contributed by atoms with E-state index in [0.717, 1.165) is 46.4 Å². The first-order chi connectivity index (χ1) is 59.7. The second kappa shape index (κ2) is 48.0. The van der Waals surface area contributed by atoms with Crippen LogP contribution in [0.4, 0.5) is 4.79 Å². The summed E-state index contributed by atoms with van der Waals surface area (Å²) in [6.45, 7) is 15.6. The van der Waals surface area contributed by atoms with Crippen LogP contribution in [-0.4, -0.2) is 231 Å². The van der Waals surface area contributed by atoms with Crippen LogP contribution >= 0.6 is 21.6 Å². The van der Waals surface area contributed by atoms with Crippen molar-refractivity contribution in [3.8, 4) is 5.75 Å². The molecule has 40 nitrogen and oxygen atoms in total. The fourth-order valence-corrected chi connectivity index (χ4v) is 16.7. The van der Waals surface area contributed by atoms with E-state index >= 15 is 28.8 Å². The minimum Gasteiger partial charge on any atom is -0.492 e. The summed E-state index contributed by atoms with van der Waals surface area (Å²) in [7, 11) is 1.77. The summed E-state index contributed by atoms with van der Waals surface area (Å²) < 4.78 is 2.52. The number of benzene rings is 4. The molecule has 4 aromatic carbocycles. The van der Waals surface area contributed by atoms with E-state index in [4.69, 9.17) is 39.1 Å². The standard InChI is InChI=1S/C85H123N21O19S2/c1-45-20-18-23-55-53(44-94-65(45)55)41-60-72(115)96-56(25-19-36-93-81(91)124)70(113)104-68(84(9,10)127-126-83(7,8)67(95-48(4)109)77(120)101-61(42-63(88)110)73(116)103-66(46(2)107)76(119)99-60)78(121)100-58(39-49-27-30-54(31-28-49)125-37-34-87)71(114)97-59(40-50-26-29-51-21-12-13-22-52(51)38-50)75(118)106-85(11,32-15-16-33-86)80(123)102-57(24-14-17-35-92-47(3)108)69(112)98-62(43-64(89)111)74(117)105-82(5,6)79(90)122/h12-13,18,20-23,26-31,38,44,46,56-62,66-68,94,107H,14-17,19,24-25,32-37,39-43,86-87H2,1-11H3,(H2,88,110)(H2,89,111)(H2,90,122)(H,92,108)(H,95,109)(H,96,115)(H,97,114)(H,98,112)(H,99,119)(H,100,121)(H,101,120)(H,102,123)(H,103,116)(H,104,113)(H,105,117)(H,106,118)(H3,91,93,124)/t46-,56+,57+,58+,59+,60+,61+,62+,66+,67-,68-,85+/m1/s1. The summed E-state index contributed by atoms with van der Waals surface area (Å²) >= 11 is 0.